The predicted molar refractivity (Wildman–Crippen MR) is 86.9 cm³/mol. The first-order valence-electron chi connectivity index (χ1n) is 6.93. The molecule has 0 radical (unpaired) electrons. The van der Waals surface area contributed by atoms with Crippen molar-refractivity contribution in [1.82, 2.24) is 5.32 Å². The van der Waals surface area contributed by atoms with E-state index in [2.05, 4.69) is 11.4 Å². The molecule has 0 aromatic heterocycles. The zero-order chi connectivity index (χ0) is 16.0. The Kier molecular flexibility index (Phi) is 5.31. The minimum atomic E-state index is -3.09. The number of sulfone groups is 1. The highest BCUT2D eigenvalue weighted by Crippen LogP contribution is 2.16. The highest BCUT2D eigenvalue weighted by Gasteiger charge is 2.16. The number of hydrogen-bond donors (Lipinski definition) is 1. The van der Waals surface area contributed by atoms with Crippen molar-refractivity contribution in [1.29, 1.82) is 5.26 Å². The van der Waals surface area contributed by atoms with Crippen molar-refractivity contribution in [2.75, 3.05) is 12.0 Å². The van der Waals surface area contributed by atoms with Gasteiger partial charge in [0.05, 0.1) is 17.4 Å². The SMILES string of the molecule is CS(=O)(=O)C[C@@H](NCc1ccc(C#N)cc1)c1ccccc1. The van der Waals surface area contributed by atoms with Crippen LogP contribution in [-0.2, 0) is 16.4 Å². The fourth-order valence-electron chi connectivity index (χ4n) is 2.20. The van der Waals surface area contributed by atoms with Crippen LogP contribution in [-0.4, -0.2) is 20.4 Å². The van der Waals surface area contributed by atoms with Gasteiger partial charge < -0.3 is 5.32 Å². The van der Waals surface area contributed by atoms with E-state index in [0.717, 1.165) is 11.1 Å². The minimum Gasteiger partial charge on any atom is -0.305 e. The maximum absolute atomic E-state index is 11.6. The van der Waals surface area contributed by atoms with E-state index in [1.54, 1.807) is 12.1 Å². The molecule has 0 heterocycles. The lowest BCUT2D eigenvalue weighted by atomic mass is 10.1. The Hall–Kier alpha value is -2.16. The molecule has 0 saturated carbocycles. The average Bonchev–Trinajstić information content (AvgIpc) is 2.52. The molecule has 1 atom stereocenters. The molecule has 0 amide bonds. The number of nitrogens with one attached hydrogen (secondary N) is 1. The normalized spacial score (nSPS) is 12.5. The fourth-order valence-corrected chi connectivity index (χ4v) is 3.12. The molecule has 2 aromatic rings. The summed E-state index contributed by atoms with van der Waals surface area (Å²) in [5.41, 5.74) is 2.56. The van der Waals surface area contributed by atoms with Crippen LogP contribution in [0.15, 0.2) is 54.6 Å². The third kappa shape index (κ3) is 4.99. The second-order valence-corrected chi connectivity index (χ2v) is 7.43. The molecule has 2 rings (SSSR count). The quantitative estimate of drug-likeness (QED) is 0.889. The van der Waals surface area contributed by atoms with E-state index in [-0.39, 0.29) is 11.8 Å². The molecule has 114 valence electrons. The van der Waals surface area contributed by atoms with Crippen molar-refractivity contribution in [2.24, 2.45) is 0 Å². The van der Waals surface area contributed by atoms with Crippen molar-refractivity contribution in [2.45, 2.75) is 12.6 Å². The summed E-state index contributed by atoms with van der Waals surface area (Å²) in [4.78, 5) is 0. The van der Waals surface area contributed by atoms with Crippen molar-refractivity contribution in [3.8, 4) is 6.07 Å². The maximum Gasteiger partial charge on any atom is 0.149 e. The van der Waals surface area contributed by atoms with Crippen LogP contribution in [0.4, 0.5) is 0 Å². The molecule has 0 fully saturated rings. The Labute approximate surface area is 131 Å². The number of benzene rings is 2. The molecular formula is C17H18N2O2S. The van der Waals surface area contributed by atoms with E-state index < -0.39 is 9.84 Å². The van der Waals surface area contributed by atoms with E-state index in [9.17, 15) is 8.42 Å². The lowest BCUT2D eigenvalue weighted by molar-refractivity contribution is 0.551. The number of nitriles is 1. The first-order chi connectivity index (χ1) is 10.5. The minimum absolute atomic E-state index is 0.0489. The fraction of sp³-hybridized carbons (Fsp3) is 0.235. The van der Waals surface area contributed by atoms with Gasteiger partial charge in [-0.05, 0) is 23.3 Å². The monoisotopic (exact) mass is 314 g/mol. The van der Waals surface area contributed by atoms with Crippen LogP contribution in [0.1, 0.15) is 22.7 Å². The summed E-state index contributed by atoms with van der Waals surface area (Å²) in [5.74, 6) is 0.0489. The molecule has 0 unspecified atom stereocenters. The van der Waals surface area contributed by atoms with Gasteiger partial charge in [0.15, 0.2) is 0 Å². The van der Waals surface area contributed by atoms with Gasteiger partial charge in [-0.2, -0.15) is 5.26 Å². The summed E-state index contributed by atoms with van der Waals surface area (Å²) in [6.45, 7) is 0.542. The van der Waals surface area contributed by atoms with Crippen molar-refractivity contribution in [3.05, 3.63) is 71.3 Å². The molecular weight excluding hydrogens is 296 g/mol. The lowest BCUT2D eigenvalue weighted by Crippen LogP contribution is -2.27. The van der Waals surface area contributed by atoms with E-state index in [0.29, 0.717) is 12.1 Å². The largest absolute Gasteiger partial charge is 0.305 e. The summed E-state index contributed by atoms with van der Waals surface area (Å²) >= 11 is 0. The lowest BCUT2D eigenvalue weighted by Gasteiger charge is -2.18. The first-order valence-corrected chi connectivity index (χ1v) is 8.99. The summed E-state index contributed by atoms with van der Waals surface area (Å²) in [7, 11) is -3.09. The molecule has 0 aliphatic heterocycles. The third-order valence-electron chi connectivity index (χ3n) is 3.31. The molecule has 4 nitrogen and oxygen atoms in total. The van der Waals surface area contributed by atoms with Crippen molar-refractivity contribution < 1.29 is 8.42 Å². The third-order valence-corrected chi connectivity index (χ3v) is 4.25. The maximum atomic E-state index is 11.6. The molecule has 0 aliphatic carbocycles. The Morgan fingerprint density at radius 2 is 1.73 bits per heavy atom. The van der Waals surface area contributed by atoms with Crippen LogP contribution < -0.4 is 5.32 Å². The second kappa shape index (κ2) is 7.21. The van der Waals surface area contributed by atoms with Crippen molar-refractivity contribution in [3.63, 3.8) is 0 Å². The molecule has 0 bridgehead atoms. The number of rotatable bonds is 6. The van der Waals surface area contributed by atoms with Gasteiger partial charge in [0, 0.05) is 18.8 Å². The molecule has 0 saturated heterocycles. The molecule has 0 spiro atoms. The first kappa shape index (κ1) is 16.2. The van der Waals surface area contributed by atoms with Crippen LogP contribution in [0.5, 0.6) is 0 Å². The van der Waals surface area contributed by atoms with Crippen LogP contribution in [0.3, 0.4) is 0 Å². The second-order valence-electron chi connectivity index (χ2n) is 5.25. The molecule has 1 N–H and O–H groups in total. The Balaban J connectivity index is 2.11. The van der Waals surface area contributed by atoms with Crippen molar-refractivity contribution >= 4 is 9.84 Å². The van der Waals surface area contributed by atoms with Gasteiger partial charge in [0.1, 0.15) is 9.84 Å². The Morgan fingerprint density at radius 1 is 1.09 bits per heavy atom. The Morgan fingerprint density at radius 3 is 2.27 bits per heavy atom. The Bertz CT molecular complexity index is 747. The molecule has 0 aliphatic rings. The van der Waals surface area contributed by atoms with Gasteiger partial charge >= 0.3 is 0 Å². The average molecular weight is 314 g/mol. The predicted octanol–water partition coefficient (Wildman–Crippen LogP) is 2.43. The van der Waals surface area contributed by atoms with Gasteiger partial charge in [-0.3, -0.25) is 0 Å². The summed E-state index contributed by atoms with van der Waals surface area (Å²) in [6.07, 6.45) is 1.24. The van der Waals surface area contributed by atoms with Gasteiger partial charge in [0.2, 0.25) is 0 Å². The highest BCUT2D eigenvalue weighted by atomic mass is 32.2. The van der Waals surface area contributed by atoms with E-state index in [1.807, 2.05) is 42.5 Å². The zero-order valence-electron chi connectivity index (χ0n) is 12.4. The van der Waals surface area contributed by atoms with Gasteiger partial charge in [-0.15, -0.1) is 0 Å². The standard InChI is InChI=1S/C17H18N2O2S/c1-22(20,21)13-17(16-5-3-2-4-6-16)19-12-15-9-7-14(11-18)8-10-15/h2-10,17,19H,12-13H2,1H3/t17-/m1/s1. The zero-order valence-corrected chi connectivity index (χ0v) is 13.2. The molecule has 5 heteroatoms. The smallest absolute Gasteiger partial charge is 0.149 e. The van der Waals surface area contributed by atoms with E-state index >= 15 is 0 Å². The van der Waals surface area contributed by atoms with Gasteiger partial charge in [-0.1, -0.05) is 42.5 Å². The van der Waals surface area contributed by atoms with Crippen LogP contribution in [0.2, 0.25) is 0 Å². The number of hydrogen-bond acceptors (Lipinski definition) is 4. The van der Waals surface area contributed by atoms with Crippen LogP contribution in [0, 0.1) is 11.3 Å². The van der Waals surface area contributed by atoms with E-state index in [1.165, 1.54) is 6.26 Å². The summed E-state index contributed by atoms with van der Waals surface area (Å²) in [5, 5.41) is 12.1. The van der Waals surface area contributed by atoms with Gasteiger partial charge in [0.25, 0.3) is 0 Å². The van der Waals surface area contributed by atoms with E-state index in [4.69, 9.17) is 5.26 Å². The molecule has 22 heavy (non-hydrogen) atoms. The molecule has 2 aromatic carbocycles. The van der Waals surface area contributed by atoms with Crippen LogP contribution >= 0.6 is 0 Å². The summed E-state index contributed by atoms with van der Waals surface area (Å²) < 4.78 is 23.3. The highest BCUT2D eigenvalue weighted by molar-refractivity contribution is 7.90. The summed E-state index contributed by atoms with van der Waals surface area (Å²) in [6, 6.07) is 18.6. The van der Waals surface area contributed by atoms with Gasteiger partial charge in [-0.25, -0.2) is 8.42 Å². The van der Waals surface area contributed by atoms with Crippen LogP contribution in [0.25, 0.3) is 0 Å². The topological polar surface area (TPSA) is 70.0 Å². The number of nitrogens with zero attached hydrogens (tertiary/aromatic N) is 1.